The largest absolute Gasteiger partial charge is 0.0921 e. The highest BCUT2D eigenvalue weighted by Crippen LogP contribution is 2.25. The quantitative estimate of drug-likeness (QED) is 0.664. The van der Waals surface area contributed by atoms with Gasteiger partial charge in [-0.25, -0.2) is 0 Å². The summed E-state index contributed by atoms with van der Waals surface area (Å²) in [5, 5.41) is 1.76. The summed E-state index contributed by atoms with van der Waals surface area (Å²) in [6.45, 7) is 2.17. The molecule has 0 fully saturated rings. The molecule has 2 heteroatoms. The lowest BCUT2D eigenvalue weighted by molar-refractivity contribution is 0.771. The van der Waals surface area contributed by atoms with E-state index in [4.69, 9.17) is 11.6 Å². The standard InChI is InChI=1S/C16H16BrCl/c1-12-4-2-3-5-14(12)10-15(11-17)13-6-8-16(18)9-7-13/h2-9,15H,10-11H2,1H3. The lowest BCUT2D eigenvalue weighted by atomic mass is 9.92. The average Bonchev–Trinajstić information content (AvgIpc) is 2.39. The summed E-state index contributed by atoms with van der Waals surface area (Å²) in [4.78, 5) is 0. The van der Waals surface area contributed by atoms with E-state index >= 15 is 0 Å². The molecule has 2 aromatic carbocycles. The number of hydrogen-bond acceptors (Lipinski definition) is 0. The van der Waals surface area contributed by atoms with Gasteiger partial charge in [-0.1, -0.05) is 63.9 Å². The molecule has 0 saturated carbocycles. The molecule has 0 aliphatic rings. The number of alkyl halides is 1. The Morgan fingerprint density at radius 2 is 1.72 bits per heavy atom. The third-order valence-electron chi connectivity index (χ3n) is 3.26. The fourth-order valence-corrected chi connectivity index (χ4v) is 2.83. The summed E-state index contributed by atoms with van der Waals surface area (Å²) in [6.07, 6.45) is 1.06. The van der Waals surface area contributed by atoms with Crippen molar-refractivity contribution < 1.29 is 0 Å². The number of halogens is 2. The van der Waals surface area contributed by atoms with Crippen LogP contribution >= 0.6 is 27.5 Å². The topological polar surface area (TPSA) is 0 Å². The molecule has 0 nitrogen and oxygen atoms in total. The Morgan fingerprint density at radius 3 is 2.33 bits per heavy atom. The fraction of sp³-hybridized carbons (Fsp3) is 0.250. The number of hydrogen-bond donors (Lipinski definition) is 0. The summed E-state index contributed by atoms with van der Waals surface area (Å²) in [5.41, 5.74) is 4.11. The van der Waals surface area contributed by atoms with Crippen molar-refractivity contribution in [2.45, 2.75) is 19.3 Å². The van der Waals surface area contributed by atoms with Crippen LogP contribution in [-0.2, 0) is 6.42 Å². The summed E-state index contributed by atoms with van der Waals surface area (Å²) in [5.74, 6) is 0.489. The predicted molar refractivity (Wildman–Crippen MR) is 82.9 cm³/mol. The highest BCUT2D eigenvalue weighted by molar-refractivity contribution is 9.09. The van der Waals surface area contributed by atoms with Crippen LogP contribution < -0.4 is 0 Å². The van der Waals surface area contributed by atoms with Gasteiger partial charge in [-0.2, -0.15) is 0 Å². The number of benzene rings is 2. The Balaban J connectivity index is 2.20. The molecule has 1 unspecified atom stereocenters. The molecule has 18 heavy (non-hydrogen) atoms. The second-order valence-electron chi connectivity index (χ2n) is 4.53. The summed E-state index contributed by atoms with van der Waals surface area (Å²) < 4.78 is 0. The van der Waals surface area contributed by atoms with Crippen LogP contribution in [0.15, 0.2) is 48.5 Å². The monoisotopic (exact) mass is 322 g/mol. The molecule has 2 rings (SSSR count). The van der Waals surface area contributed by atoms with Crippen LogP contribution in [0.2, 0.25) is 5.02 Å². The van der Waals surface area contributed by atoms with E-state index in [0.717, 1.165) is 16.8 Å². The van der Waals surface area contributed by atoms with Gasteiger partial charge in [-0.05, 0) is 48.1 Å². The molecule has 0 radical (unpaired) electrons. The number of rotatable bonds is 4. The van der Waals surface area contributed by atoms with Gasteiger partial charge in [0.2, 0.25) is 0 Å². The minimum absolute atomic E-state index is 0.489. The minimum Gasteiger partial charge on any atom is -0.0921 e. The Hall–Kier alpha value is -0.790. The van der Waals surface area contributed by atoms with Crippen molar-refractivity contribution in [3.8, 4) is 0 Å². The van der Waals surface area contributed by atoms with Crippen LogP contribution in [0.1, 0.15) is 22.6 Å². The molecular formula is C16H16BrCl. The van der Waals surface area contributed by atoms with Gasteiger partial charge in [0.1, 0.15) is 0 Å². The van der Waals surface area contributed by atoms with Gasteiger partial charge in [-0.3, -0.25) is 0 Å². The van der Waals surface area contributed by atoms with E-state index in [1.165, 1.54) is 16.7 Å². The van der Waals surface area contributed by atoms with Crippen molar-refractivity contribution in [3.63, 3.8) is 0 Å². The van der Waals surface area contributed by atoms with Crippen LogP contribution in [0.4, 0.5) is 0 Å². The smallest absolute Gasteiger partial charge is 0.0406 e. The van der Waals surface area contributed by atoms with Gasteiger partial charge in [-0.15, -0.1) is 0 Å². The molecule has 0 aliphatic carbocycles. The zero-order valence-electron chi connectivity index (χ0n) is 10.4. The normalized spacial score (nSPS) is 12.4. The van der Waals surface area contributed by atoms with Gasteiger partial charge in [0.05, 0.1) is 0 Å². The van der Waals surface area contributed by atoms with E-state index in [1.807, 2.05) is 12.1 Å². The van der Waals surface area contributed by atoms with Gasteiger partial charge in [0.15, 0.2) is 0 Å². The molecule has 0 bridgehead atoms. The molecule has 1 atom stereocenters. The van der Waals surface area contributed by atoms with E-state index in [-0.39, 0.29) is 0 Å². The molecule has 0 amide bonds. The second-order valence-corrected chi connectivity index (χ2v) is 5.62. The van der Waals surface area contributed by atoms with Crippen LogP contribution in [0, 0.1) is 6.92 Å². The zero-order chi connectivity index (χ0) is 13.0. The van der Waals surface area contributed by atoms with E-state index in [9.17, 15) is 0 Å². The SMILES string of the molecule is Cc1ccccc1CC(CBr)c1ccc(Cl)cc1. The summed E-state index contributed by atoms with van der Waals surface area (Å²) >= 11 is 9.55. The lowest BCUT2D eigenvalue weighted by Gasteiger charge is -2.16. The van der Waals surface area contributed by atoms with Gasteiger partial charge in [0, 0.05) is 10.4 Å². The Morgan fingerprint density at radius 1 is 1.06 bits per heavy atom. The molecule has 0 aliphatic heterocycles. The molecule has 0 heterocycles. The minimum atomic E-state index is 0.489. The van der Waals surface area contributed by atoms with E-state index in [2.05, 4.69) is 59.3 Å². The van der Waals surface area contributed by atoms with Crippen molar-refractivity contribution in [1.82, 2.24) is 0 Å². The van der Waals surface area contributed by atoms with Crippen LogP contribution in [0.25, 0.3) is 0 Å². The molecule has 0 saturated heterocycles. The first kappa shape index (κ1) is 13.6. The van der Waals surface area contributed by atoms with Crippen LogP contribution in [0.5, 0.6) is 0 Å². The molecule has 0 aromatic heterocycles. The first-order valence-corrected chi connectivity index (χ1v) is 7.56. The first-order valence-electron chi connectivity index (χ1n) is 6.06. The van der Waals surface area contributed by atoms with Gasteiger partial charge < -0.3 is 0 Å². The summed E-state index contributed by atoms with van der Waals surface area (Å²) in [6, 6.07) is 16.7. The maximum absolute atomic E-state index is 5.93. The zero-order valence-corrected chi connectivity index (χ0v) is 12.7. The molecule has 0 N–H and O–H groups in total. The highest BCUT2D eigenvalue weighted by atomic mass is 79.9. The van der Waals surface area contributed by atoms with Crippen molar-refractivity contribution in [2.24, 2.45) is 0 Å². The molecular weight excluding hydrogens is 308 g/mol. The van der Waals surface area contributed by atoms with Crippen LogP contribution in [0.3, 0.4) is 0 Å². The predicted octanol–water partition coefficient (Wildman–Crippen LogP) is 5.37. The highest BCUT2D eigenvalue weighted by Gasteiger charge is 2.12. The van der Waals surface area contributed by atoms with Crippen molar-refractivity contribution in [2.75, 3.05) is 5.33 Å². The Bertz CT molecular complexity index is 505. The molecule has 94 valence electrons. The van der Waals surface area contributed by atoms with Gasteiger partial charge >= 0.3 is 0 Å². The third-order valence-corrected chi connectivity index (χ3v) is 4.29. The van der Waals surface area contributed by atoms with Crippen molar-refractivity contribution in [3.05, 3.63) is 70.2 Å². The number of aryl methyl sites for hydroxylation is 1. The lowest BCUT2D eigenvalue weighted by Crippen LogP contribution is -2.05. The van der Waals surface area contributed by atoms with E-state index in [0.29, 0.717) is 5.92 Å². The first-order chi connectivity index (χ1) is 8.70. The maximum atomic E-state index is 5.93. The van der Waals surface area contributed by atoms with E-state index in [1.54, 1.807) is 0 Å². The molecule has 0 spiro atoms. The van der Waals surface area contributed by atoms with E-state index < -0.39 is 0 Å². The fourth-order valence-electron chi connectivity index (χ4n) is 2.10. The maximum Gasteiger partial charge on any atom is 0.0406 e. The Kier molecular flexibility index (Phi) is 4.85. The Labute approximate surface area is 122 Å². The molecule has 2 aromatic rings. The van der Waals surface area contributed by atoms with Crippen LogP contribution in [-0.4, -0.2) is 5.33 Å². The summed E-state index contributed by atoms with van der Waals surface area (Å²) in [7, 11) is 0. The van der Waals surface area contributed by atoms with Crippen molar-refractivity contribution in [1.29, 1.82) is 0 Å². The second kappa shape index (κ2) is 6.40. The van der Waals surface area contributed by atoms with Crippen molar-refractivity contribution >= 4 is 27.5 Å². The third kappa shape index (κ3) is 3.37. The van der Waals surface area contributed by atoms with Gasteiger partial charge in [0.25, 0.3) is 0 Å². The average molecular weight is 324 g/mol.